The molecule has 2 heterocycles. The molecule has 0 saturated heterocycles. The highest BCUT2D eigenvalue weighted by atomic mass is 16.4. The molecule has 3 nitrogen and oxygen atoms in total. The Kier molecular flexibility index (Phi) is 1.74. The van der Waals surface area contributed by atoms with Crippen molar-refractivity contribution >= 4 is 0 Å². The summed E-state index contributed by atoms with van der Waals surface area (Å²) in [6, 6.07) is 5.18. The minimum Gasteiger partial charge on any atom is -0.472 e. The molecule has 0 amide bonds. The summed E-state index contributed by atoms with van der Waals surface area (Å²) in [5.74, 6) is 0.508. The van der Waals surface area contributed by atoms with Crippen LogP contribution < -0.4 is 0 Å². The van der Waals surface area contributed by atoms with Crippen molar-refractivity contribution in [1.82, 2.24) is 0 Å². The molecule has 2 aromatic rings. The molecule has 2 rings (SSSR count). The molecule has 0 radical (unpaired) electrons. The standard InChI is InChI=1S/C10H10O3/c1-10(11,8-4-6-12-7-8)9-3-2-5-13-9/h2-7,11H,1H3/t10-/m1/s1. The first-order valence-electron chi connectivity index (χ1n) is 4.00. The molecular weight excluding hydrogens is 168 g/mol. The van der Waals surface area contributed by atoms with Crippen molar-refractivity contribution in [3.8, 4) is 0 Å². The maximum Gasteiger partial charge on any atom is 0.147 e. The van der Waals surface area contributed by atoms with E-state index in [9.17, 15) is 5.11 Å². The van der Waals surface area contributed by atoms with Gasteiger partial charge in [-0.2, -0.15) is 0 Å². The van der Waals surface area contributed by atoms with Gasteiger partial charge in [0.15, 0.2) is 0 Å². The second-order valence-electron chi connectivity index (χ2n) is 3.06. The first-order valence-corrected chi connectivity index (χ1v) is 4.00. The van der Waals surface area contributed by atoms with Crippen LogP contribution in [0.4, 0.5) is 0 Å². The number of hydrogen-bond donors (Lipinski definition) is 1. The molecule has 1 atom stereocenters. The van der Waals surface area contributed by atoms with E-state index in [1.807, 2.05) is 0 Å². The molecule has 13 heavy (non-hydrogen) atoms. The van der Waals surface area contributed by atoms with Gasteiger partial charge in [0.25, 0.3) is 0 Å². The van der Waals surface area contributed by atoms with Crippen molar-refractivity contribution in [1.29, 1.82) is 0 Å². The maximum atomic E-state index is 10.1. The van der Waals surface area contributed by atoms with Crippen molar-refractivity contribution in [2.45, 2.75) is 12.5 Å². The van der Waals surface area contributed by atoms with E-state index in [1.54, 1.807) is 25.1 Å². The Labute approximate surface area is 75.6 Å². The van der Waals surface area contributed by atoms with Crippen LogP contribution in [0.15, 0.2) is 45.8 Å². The fraction of sp³-hybridized carbons (Fsp3) is 0.200. The molecule has 0 aliphatic rings. The van der Waals surface area contributed by atoms with E-state index in [-0.39, 0.29) is 0 Å². The fourth-order valence-corrected chi connectivity index (χ4v) is 1.24. The van der Waals surface area contributed by atoms with Crippen molar-refractivity contribution < 1.29 is 13.9 Å². The summed E-state index contributed by atoms with van der Waals surface area (Å²) in [6.07, 6.45) is 4.55. The minimum atomic E-state index is -1.11. The second kappa shape index (κ2) is 2.78. The van der Waals surface area contributed by atoms with Gasteiger partial charge in [0.05, 0.1) is 18.8 Å². The van der Waals surface area contributed by atoms with Gasteiger partial charge in [-0.15, -0.1) is 0 Å². The van der Waals surface area contributed by atoms with Gasteiger partial charge in [-0.25, -0.2) is 0 Å². The molecule has 0 bridgehead atoms. The van der Waals surface area contributed by atoms with E-state index in [2.05, 4.69) is 0 Å². The zero-order valence-electron chi connectivity index (χ0n) is 7.23. The highest BCUT2D eigenvalue weighted by Crippen LogP contribution is 2.29. The molecule has 0 aliphatic carbocycles. The highest BCUT2D eigenvalue weighted by molar-refractivity contribution is 5.26. The molecule has 0 unspecified atom stereocenters. The molecule has 68 valence electrons. The Balaban J connectivity index is 2.42. The van der Waals surface area contributed by atoms with Crippen LogP contribution in [0.1, 0.15) is 18.2 Å². The summed E-state index contributed by atoms with van der Waals surface area (Å²) in [5.41, 5.74) is -0.432. The summed E-state index contributed by atoms with van der Waals surface area (Å²) in [7, 11) is 0. The lowest BCUT2D eigenvalue weighted by atomic mass is 9.96. The molecule has 3 heteroatoms. The van der Waals surface area contributed by atoms with E-state index >= 15 is 0 Å². The third-order valence-electron chi connectivity index (χ3n) is 2.08. The Hall–Kier alpha value is -1.48. The Morgan fingerprint density at radius 2 is 2.15 bits per heavy atom. The van der Waals surface area contributed by atoms with Crippen LogP contribution in [-0.4, -0.2) is 5.11 Å². The van der Waals surface area contributed by atoms with Gasteiger partial charge in [-0.3, -0.25) is 0 Å². The van der Waals surface area contributed by atoms with E-state index in [0.29, 0.717) is 11.3 Å². The van der Waals surface area contributed by atoms with E-state index in [0.717, 1.165) is 0 Å². The predicted molar refractivity (Wildman–Crippen MR) is 46.1 cm³/mol. The normalized spacial score (nSPS) is 15.5. The van der Waals surface area contributed by atoms with Crippen LogP contribution in [0.25, 0.3) is 0 Å². The van der Waals surface area contributed by atoms with Crippen LogP contribution in [0.2, 0.25) is 0 Å². The average Bonchev–Trinajstić information content (AvgIpc) is 2.78. The van der Waals surface area contributed by atoms with Gasteiger partial charge < -0.3 is 13.9 Å². The summed E-state index contributed by atoms with van der Waals surface area (Å²) < 4.78 is 10.0. The Morgan fingerprint density at radius 1 is 1.31 bits per heavy atom. The van der Waals surface area contributed by atoms with Gasteiger partial charge in [0.2, 0.25) is 0 Å². The number of rotatable bonds is 2. The smallest absolute Gasteiger partial charge is 0.147 e. The molecule has 0 spiro atoms. The van der Waals surface area contributed by atoms with Crippen LogP contribution in [0, 0.1) is 0 Å². The van der Waals surface area contributed by atoms with Crippen LogP contribution in [0.3, 0.4) is 0 Å². The molecular formula is C10H10O3. The third-order valence-corrected chi connectivity index (χ3v) is 2.08. The van der Waals surface area contributed by atoms with Gasteiger partial charge >= 0.3 is 0 Å². The third kappa shape index (κ3) is 1.27. The number of hydrogen-bond acceptors (Lipinski definition) is 3. The highest BCUT2D eigenvalue weighted by Gasteiger charge is 2.29. The zero-order chi connectivity index (χ0) is 9.31. The summed E-state index contributed by atoms with van der Waals surface area (Å²) in [6.45, 7) is 1.66. The summed E-state index contributed by atoms with van der Waals surface area (Å²) >= 11 is 0. The van der Waals surface area contributed by atoms with Crippen molar-refractivity contribution in [2.75, 3.05) is 0 Å². The SMILES string of the molecule is C[C@@](O)(c1ccoc1)c1ccco1. The van der Waals surface area contributed by atoms with Gasteiger partial charge in [-0.1, -0.05) is 0 Å². The molecule has 0 aliphatic heterocycles. The van der Waals surface area contributed by atoms with Crippen molar-refractivity contribution in [3.05, 3.63) is 48.3 Å². The first-order chi connectivity index (χ1) is 6.21. The lowest BCUT2D eigenvalue weighted by Crippen LogP contribution is -2.20. The van der Waals surface area contributed by atoms with Gasteiger partial charge in [-0.05, 0) is 25.1 Å². The predicted octanol–water partition coefficient (Wildman–Crippen LogP) is 2.13. The van der Waals surface area contributed by atoms with Crippen molar-refractivity contribution in [2.24, 2.45) is 0 Å². The maximum absolute atomic E-state index is 10.1. The topological polar surface area (TPSA) is 46.5 Å². The van der Waals surface area contributed by atoms with Gasteiger partial charge in [0, 0.05) is 5.56 Å². The largest absolute Gasteiger partial charge is 0.472 e. The second-order valence-corrected chi connectivity index (χ2v) is 3.06. The Bertz CT molecular complexity index is 321. The lowest BCUT2D eigenvalue weighted by Gasteiger charge is -2.18. The van der Waals surface area contributed by atoms with Crippen LogP contribution >= 0.6 is 0 Å². The molecule has 0 aromatic carbocycles. The molecule has 0 saturated carbocycles. The monoisotopic (exact) mass is 178 g/mol. The number of furan rings is 2. The van der Waals surface area contributed by atoms with Crippen molar-refractivity contribution in [3.63, 3.8) is 0 Å². The van der Waals surface area contributed by atoms with Crippen LogP contribution in [-0.2, 0) is 5.60 Å². The molecule has 0 fully saturated rings. The number of aliphatic hydroxyl groups is 1. The van der Waals surface area contributed by atoms with Crippen LogP contribution in [0.5, 0.6) is 0 Å². The minimum absolute atomic E-state index is 0.508. The first kappa shape index (κ1) is 8.13. The quantitative estimate of drug-likeness (QED) is 0.766. The lowest BCUT2D eigenvalue weighted by molar-refractivity contribution is 0.0761. The fourth-order valence-electron chi connectivity index (χ4n) is 1.24. The van der Waals surface area contributed by atoms with E-state index in [1.165, 1.54) is 18.8 Å². The zero-order valence-corrected chi connectivity index (χ0v) is 7.23. The van der Waals surface area contributed by atoms with Gasteiger partial charge in [0.1, 0.15) is 11.4 Å². The van der Waals surface area contributed by atoms with E-state index in [4.69, 9.17) is 8.83 Å². The summed E-state index contributed by atoms with van der Waals surface area (Å²) in [4.78, 5) is 0. The molecule has 1 N–H and O–H groups in total. The molecule has 2 aromatic heterocycles. The average molecular weight is 178 g/mol. The Morgan fingerprint density at radius 3 is 2.69 bits per heavy atom. The summed E-state index contributed by atoms with van der Waals surface area (Å²) in [5, 5.41) is 10.1. The van der Waals surface area contributed by atoms with E-state index < -0.39 is 5.60 Å².